The number of sulfonamides is 1. The van der Waals surface area contributed by atoms with Gasteiger partial charge in [-0.1, -0.05) is 53.5 Å². The SMILES string of the molecule is O=S(=O)(Cc1c(Cl)cccc1Cl)N[C@@H]1CCCc2ccccc21. The van der Waals surface area contributed by atoms with Gasteiger partial charge in [0.25, 0.3) is 0 Å². The summed E-state index contributed by atoms with van der Waals surface area (Å²) in [5, 5.41) is 0.735. The molecule has 0 saturated carbocycles. The molecule has 0 unspecified atom stereocenters. The Hall–Kier alpha value is -1.07. The second kappa shape index (κ2) is 6.81. The first-order chi connectivity index (χ1) is 11.0. The molecule has 3 rings (SSSR count). The lowest BCUT2D eigenvalue weighted by Gasteiger charge is -2.26. The molecule has 0 aliphatic heterocycles. The lowest BCUT2D eigenvalue weighted by atomic mass is 9.88. The average Bonchev–Trinajstić information content (AvgIpc) is 2.51. The molecule has 1 N–H and O–H groups in total. The van der Waals surface area contributed by atoms with E-state index in [1.54, 1.807) is 18.2 Å². The van der Waals surface area contributed by atoms with Crippen molar-refractivity contribution in [2.24, 2.45) is 0 Å². The second-order valence-electron chi connectivity index (χ2n) is 5.72. The van der Waals surface area contributed by atoms with Gasteiger partial charge in [0.05, 0.1) is 5.75 Å². The molecule has 0 amide bonds. The maximum atomic E-state index is 12.6. The Morgan fingerprint density at radius 1 is 1.04 bits per heavy atom. The van der Waals surface area contributed by atoms with Gasteiger partial charge in [0.1, 0.15) is 0 Å². The molecule has 0 heterocycles. The van der Waals surface area contributed by atoms with Gasteiger partial charge in [-0.15, -0.1) is 0 Å². The third kappa shape index (κ3) is 3.89. The minimum absolute atomic E-state index is 0.189. The molecule has 0 aromatic heterocycles. The van der Waals surface area contributed by atoms with E-state index in [9.17, 15) is 8.42 Å². The zero-order valence-corrected chi connectivity index (χ0v) is 14.8. The molecule has 2 aromatic rings. The third-order valence-corrected chi connectivity index (χ3v) is 6.11. The monoisotopic (exact) mass is 369 g/mol. The summed E-state index contributed by atoms with van der Waals surface area (Å²) < 4.78 is 27.9. The first-order valence-corrected chi connectivity index (χ1v) is 9.88. The highest BCUT2D eigenvalue weighted by molar-refractivity contribution is 7.88. The van der Waals surface area contributed by atoms with Crippen LogP contribution in [0.2, 0.25) is 10.0 Å². The Morgan fingerprint density at radius 3 is 2.48 bits per heavy atom. The molecule has 1 aliphatic rings. The van der Waals surface area contributed by atoms with E-state index in [1.807, 2.05) is 18.2 Å². The van der Waals surface area contributed by atoms with Crippen LogP contribution in [0.15, 0.2) is 42.5 Å². The molecule has 1 aliphatic carbocycles. The van der Waals surface area contributed by atoms with Crippen molar-refractivity contribution >= 4 is 33.2 Å². The van der Waals surface area contributed by atoms with Gasteiger partial charge in [-0.25, -0.2) is 13.1 Å². The minimum atomic E-state index is -3.54. The Morgan fingerprint density at radius 2 is 1.74 bits per heavy atom. The van der Waals surface area contributed by atoms with Crippen molar-refractivity contribution in [1.82, 2.24) is 4.72 Å². The zero-order valence-electron chi connectivity index (χ0n) is 12.4. The van der Waals surface area contributed by atoms with Gasteiger partial charge in [0, 0.05) is 21.7 Å². The van der Waals surface area contributed by atoms with Crippen LogP contribution in [0.3, 0.4) is 0 Å². The van der Waals surface area contributed by atoms with Crippen molar-refractivity contribution in [1.29, 1.82) is 0 Å². The molecule has 0 fully saturated rings. The maximum Gasteiger partial charge on any atom is 0.216 e. The Kier molecular flexibility index (Phi) is 4.97. The molecule has 0 spiro atoms. The summed E-state index contributed by atoms with van der Waals surface area (Å²) in [5.41, 5.74) is 2.71. The predicted molar refractivity (Wildman–Crippen MR) is 94.3 cm³/mol. The van der Waals surface area contributed by atoms with E-state index in [2.05, 4.69) is 10.8 Å². The summed E-state index contributed by atoms with van der Waals surface area (Å²) in [7, 11) is -3.54. The highest BCUT2D eigenvalue weighted by atomic mass is 35.5. The summed E-state index contributed by atoms with van der Waals surface area (Å²) >= 11 is 12.2. The molecule has 0 radical (unpaired) electrons. The first-order valence-electron chi connectivity index (χ1n) is 7.47. The first kappa shape index (κ1) is 16.8. The Labute approximate surface area is 146 Å². The van der Waals surface area contributed by atoms with Gasteiger partial charge in [-0.05, 0) is 42.5 Å². The van der Waals surface area contributed by atoms with Gasteiger partial charge in [-0.3, -0.25) is 0 Å². The van der Waals surface area contributed by atoms with Gasteiger partial charge in [0.15, 0.2) is 0 Å². The number of benzene rings is 2. The highest BCUT2D eigenvalue weighted by Crippen LogP contribution is 2.31. The molecule has 23 heavy (non-hydrogen) atoms. The van der Waals surface area contributed by atoms with E-state index in [-0.39, 0.29) is 11.8 Å². The Balaban J connectivity index is 1.83. The molecule has 2 aromatic carbocycles. The number of hydrogen-bond acceptors (Lipinski definition) is 2. The van der Waals surface area contributed by atoms with Crippen LogP contribution in [-0.4, -0.2) is 8.42 Å². The number of halogens is 2. The second-order valence-corrected chi connectivity index (χ2v) is 8.29. The molecule has 0 saturated heterocycles. The van der Waals surface area contributed by atoms with Gasteiger partial charge in [0.2, 0.25) is 10.0 Å². The summed E-state index contributed by atoms with van der Waals surface area (Å²) in [5.74, 6) is -0.218. The standard InChI is InChI=1S/C17H17Cl2NO2S/c18-15-8-4-9-16(19)14(15)11-23(21,22)20-17-10-3-6-12-5-1-2-7-13(12)17/h1-2,4-5,7-9,17,20H,3,6,10-11H2/t17-/m1/s1. The fourth-order valence-electron chi connectivity index (χ4n) is 3.00. The molecule has 122 valence electrons. The molecule has 6 heteroatoms. The van der Waals surface area contributed by atoms with Crippen LogP contribution in [0.5, 0.6) is 0 Å². The van der Waals surface area contributed by atoms with Crippen LogP contribution in [-0.2, 0) is 22.2 Å². The summed E-state index contributed by atoms with van der Waals surface area (Å²) in [6.07, 6.45) is 2.76. The largest absolute Gasteiger partial charge is 0.216 e. The van der Waals surface area contributed by atoms with E-state index in [1.165, 1.54) is 5.56 Å². The average molecular weight is 370 g/mol. The maximum absolute atomic E-state index is 12.6. The van der Waals surface area contributed by atoms with Gasteiger partial charge in [-0.2, -0.15) is 0 Å². The van der Waals surface area contributed by atoms with Crippen molar-refractivity contribution < 1.29 is 8.42 Å². The predicted octanol–water partition coefficient (Wildman–Crippen LogP) is 4.49. The third-order valence-electron chi connectivity index (χ3n) is 4.09. The van der Waals surface area contributed by atoms with Crippen molar-refractivity contribution in [2.45, 2.75) is 31.1 Å². The molecule has 1 atom stereocenters. The fourth-order valence-corrected chi connectivity index (χ4v) is 5.14. The van der Waals surface area contributed by atoms with Crippen molar-refractivity contribution in [3.05, 3.63) is 69.2 Å². The number of hydrogen-bond donors (Lipinski definition) is 1. The lowest BCUT2D eigenvalue weighted by molar-refractivity contribution is 0.507. The van der Waals surface area contributed by atoms with Crippen molar-refractivity contribution in [2.75, 3.05) is 0 Å². The van der Waals surface area contributed by atoms with Crippen LogP contribution >= 0.6 is 23.2 Å². The van der Waals surface area contributed by atoms with Gasteiger partial charge >= 0.3 is 0 Å². The van der Waals surface area contributed by atoms with Gasteiger partial charge < -0.3 is 0 Å². The normalized spacial score (nSPS) is 17.7. The number of fused-ring (bicyclic) bond motifs is 1. The van der Waals surface area contributed by atoms with Crippen LogP contribution in [0, 0.1) is 0 Å². The summed E-state index contributed by atoms with van der Waals surface area (Å²) in [6, 6.07) is 12.8. The number of aryl methyl sites for hydroxylation is 1. The van der Waals surface area contributed by atoms with E-state index < -0.39 is 10.0 Å². The fraction of sp³-hybridized carbons (Fsp3) is 0.294. The molecular formula is C17H17Cl2NO2S. The lowest BCUT2D eigenvalue weighted by Crippen LogP contribution is -2.32. The van der Waals surface area contributed by atoms with E-state index in [0.29, 0.717) is 15.6 Å². The molecule has 3 nitrogen and oxygen atoms in total. The van der Waals surface area contributed by atoms with Crippen LogP contribution < -0.4 is 4.72 Å². The van der Waals surface area contributed by atoms with E-state index >= 15 is 0 Å². The summed E-state index contributed by atoms with van der Waals surface area (Å²) in [4.78, 5) is 0. The van der Waals surface area contributed by atoms with Crippen molar-refractivity contribution in [3.63, 3.8) is 0 Å². The van der Waals surface area contributed by atoms with Crippen LogP contribution in [0.1, 0.15) is 35.6 Å². The molecule has 0 bridgehead atoms. The highest BCUT2D eigenvalue weighted by Gasteiger charge is 2.25. The smallest absolute Gasteiger partial charge is 0.212 e. The summed E-state index contributed by atoms with van der Waals surface area (Å²) in [6.45, 7) is 0. The topological polar surface area (TPSA) is 46.2 Å². The van der Waals surface area contributed by atoms with E-state index in [0.717, 1.165) is 24.8 Å². The quantitative estimate of drug-likeness (QED) is 0.862. The zero-order chi connectivity index (χ0) is 16.4. The van der Waals surface area contributed by atoms with E-state index in [4.69, 9.17) is 23.2 Å². The van der Waals surface area contributed by atoms with Crippen LogP contribution in [0.4, 0.5) is 0 Å². The number of rotatable bonds is 4. The Bertz CT molecular complexity index is 801. The minimum Gasteiger partial charge on any atom is -0.212 e. The van der Waals surface area contributed by atoms with Crippen molar-refractivity contribution in [3.8, 4) is 0 Å². The van der Waals surface area contributed by atoms with Crippen LogP contribution in [0.25, 0.3) is 0 Å². The number of nitrogens with one attached hydrogen (secondary N) is 1. The molecular weight excluding hydrogens is 353 g/mol.